The van der Waals surface area contributed by atoms with Crippen molar-refractivity contribution in [1.29, 1.82) is 0 Å². The summed E-state index contributed by atoms with van der Waals surface area (Å²) < 4.78 is 12.1. The van der Waals surface area contributed by atoms with Gasteiger partial charge in [-0.1, -0.05) is 25.1 Å². The summed E-state index contributed by atoms with van der Waals surface area (Å²) >= 11 is 0. The molecule has 2 aliphatic rings. The molecule has 7 nitrogen and oxygen atoms in total. The molecular weight excluding hydrogens is 442 g/mol. The fourth-order valence-electron chi connectivity index (χ4n) is 4.61. The van der Waals surface area contributed by atoms with Gasteiger partial charge in [-0.2, -0.15) is 0 Å². The average molecular weight is 480 g/mol. The van der Waals surface area contributed by atoms with Crippen LogP contribution in [0.2, 0.25) is 0 Å². The largest absolute Gasteiger partial charge is 0.491 e. The Morgan fingerprint density at radius 3 is 2.54 bits per heavy atom. The molecule has 0 radical (unpaired) electrons. The van der Waals surface area contributed by atoms with E-state index in [2.05, 4.69) is 24.1 Å². The Morgan fingerprint density at radius 1 is 1.11 bits per heavy atom. The van der Waals surface area contributed by atoms with Gasteiger partial charge in [0.25, 0.3) is 11.8 Å². The smallest absolute Gasteiger partial charge is 0.257 e. The Kier molecular flexibility index (Phi) is 8.08. The van der Waals surface area contributed by atoms with Gasteiger partial charge in [0.1, 0.15) is 12.4 Å². The van der Waals surface area contributed by atoms with Crippen LogP contribution in [-0.4, -0.2) is 74.2 Å². The van der Waals surface area contributed by atoms with Crippen LogP contribution < -0.4 is 10.1 Å². The number of nitrogens with zero attached hydrogens (tertiary/aromatic N) is 2. The number of rotatable bonds is 5. The van der Waals surface area contributed by atoms with Crippen LogP contribution >= 0.6 is 0 Å². The van der Waals surface area contributed by atoms with Crippen LogP contribution in [-0.2, 0) is 4.74 Å². The van der Waals surface area contributed by atoms with Gasteiger partial charge >= 0.3 is 0 Å². The van der Waals surface area contributed by atoms with E-state index in [1.807, 2.05) is 18.2 Å². The second kappa shape index (κ2) is 11.2. The molecule has 1 fully saturated rings. The maximum absolute atomic E-state index is 13.5. The number of likely N-dealkylation sites (N-methyl/N-ethyl adjacent to an activating group) is 1. The van der Waals surface area contributed by atoms with E-state index in [4.69, 9.17) is 9.47 Å². The number of ether oxygens (including phenoxy) is 2. The average Bonchev–Trinajstić information content (AvgIpc) is 3.69. The van der Waals surface area contributed by atoms with Crippen molar-refractivity contribution in [2.24, 2.45) is 11.8 Å². The molecule has 7 heteroatoms. The van der Waals surface area contributed by atoms with Gasteiger partial charge in [0.05, 0.1) is 11.7 Å². The molecule has 2 aromatic rings. The van der Waals surface area contributed by atoms with E-state index in [1.165, 1.54) is 12.8 Å². The minimum absolute atomic E-state index is 0.0809. The predicted molar refractivity (Wildman–Crippen MR) is 137 cm³/mol. The number of hydrogen-bond donors (Lipinski definition) is 1. The quantitative estimate of drug-likeness (QED) is 0.698. The Balaban J connectivity index is 1.60. The lowest BCUT2D eigenvalue weighted by Crippen LogP contribution is -2.47. The Morgan fingerprint density at radius 2 is 1.86 bits per heavy atom. The monoisotopic (exact) mass is 479 g/mol. The molecule has 1 aliphatic heterocycles. The third kappa shape index (κ3) is 6.41. The summed E-state index contributed by atoms with van der Waals surface area (Å²) in [5.74, 6) is 1.17. The molecule has 0 unspecified atom stereocenters. The normalized spacial score (nSPS) is 24.1. The van der Waals surface area contributed by atoms with Gasteiger partial charge in [0.2, 0.25) is 0 Å². The van der Waals surface area contributed by atoms with E-state index in [-0.39, 0.29) is 29.9 Å². The molecule has 0 bridgehead atoms. The molecule has 1 saturated carbocycles. The molecule has 0 saturated heterocycles. The number of fused-ring (bicyclic) bond motifs is 1. The first-order valence-corrected chi connectivity index (χ1v) is 12.5. The maximum atomic E-state index is 13.5. The molecule has 35 heavy (non-hydrogen) atoms. The third-order valence-electron chi connectivity index (χ3n) is 7.06. The highest BCUT2D eigenvalue weighted by Crippen LogP contribution is 2.32. The Labute approximate surface area is 208 Å². The fourth-order valence-corrected chi connectivity index (χ4v) is 4.61. The molecule has 3 atom stereocenters. The first-order chi connectivity index (χ1) is 16.9. The molecule has 4 rings (SSSR count). The highest BCUT2D eigenvalue weighted by molar-refractivity contribution is 6.05. The zero-order chi connectivity index (χ0) is 24.9. The zero-order valence-corrected chi connectivity index (χ0v) is 21.2. The molecule has 2 aromatic carbocycles. The Hall–Kier alpha value is -2.90. The second-order valence-corrected chi connectivity index (χ2v) is 10.0. The van der Waals surface area contributed by atoms with Crippen LogP contribution in [0.3, 0.4) is 0 Å². The summed E-state index contributed by atoms with van der Waals surface area (Å²) in [6.45, 7) is 7.30. The molecule has 1 aliphatic carbocycles. The molecule has 2 amide bonds. The van der Waals surface area contributed by atoms with Crippen LogP contribution in [0.15, 0.2) is 48.5 Å². The van der Waals surface area contributed by atoms with E-state index in [9.17, 15) is 9.59 Å². The van der Waals surface area contributed by atoms with E-state index >= 15 is 0 Å². The van der Waals surface area contributed by atoms with Crippen molar-refractivity contribution in [2.75, 3.05) is 45.7 Å². The van der Waals surface area contributed by atoms with Gasteiger partial charge in [-0.05, 0) is 61.9 Å². The molecule has 1 heterocycles. The Bertz CT molecular complexity index is 1020. The van der Waals surface area contributed by atoms with Gasteiger partial charge in [0.15, 0.2) is 0 Å². The lowest BCUT2D eigenvalue weighted by atomic mass is 10.0. The number of benzene rings is 2. The summed E-state index contributed by atoms with van der Waals surface area (Å²) in [6.07, 6.45) is 2.51. The number of hydrogen-bond acceptors (Lipinski definition) is 5. The summed E-state index contributed by atoms with van der Waals surface area (Å²) in [5.41, 5.74) is 1.54. The minimum Gasteiger partial charge on any atom is -0.491 e. The predicted octanol–water partition coefficient (Wildman–Crippen LogP) is 4.15. The van der Waals surface area contributed by atoms with Gasteiger partial charge in [-0.3, -0.25) is 14.5 Å². The topological polar surface area (TPSA) is 71.1 Å². The van der Waals surface area contributed by atoms with Gasteiger partial charge in [0, 0.05) is 51.1 Å². The lowest BCUT2D eigenvalue weighted by Gasteiger charge is -2.36. The van der Waals surface area contributed by atoms with Gasteiger partial charge < -0.3 is 19.7 Å². The minimum atomic E-state index is -0.224. The first kappa shape index (κ1) is 25.2. The number of anilines is 1. The van der Waals surface area contributed by atoms with Crippen molar-refractivity contribution in [3.05, 3.63) is 59.7 Å². The zero-order valence-electron chi connectivity index (χ0n) is 21.2. The molecular formula is C28H37N3O4. The van der Waals surface area contributed by atoms with Crippen LogP contribution in [0.4, 0.5) is 5.69 Å². The van der Waals surface area contributed by atoms with Crippen LogP contribution in [0.25, 0.3) is 0 Å². The summed E-state index contributed by atoms with van der Waals surface area (Å²) in [7, 11) is 3.50. The molecule has 188 valence electrons. The van der Waals surface area contributed by atoms with Crippen LogP contribution in [0, 0.1) is 11.8 Å². The first-order valence-electron chi connectivity index (χ1n) is 12.5. The van der Waals surface area contributed by atoms with Crippen molar-refractivity contribution >= 4 is 17.5 Å². The van der Waals surface area contributed by atoms with Crippen LogP contribution in [0.1, 0.15) is 47.4 Å². The number of carbonyl (C=O) groups excluding carboxylic acids is 2. The molecule has 0 aromatic heterocycles. The lowest BCUT2D eigenvalue weighted by molar-refractivity contribution is 0.00994. The fraction of sp³-hybridized carbons (Fsp3) is 0.500. The number of methoxy groups -OCH3 is 1. The van der Waals surface area contributed by atoms with E-state index in [0.717, 1.165) is 19.0 Å². The van der Waals surface area contributed by atoms with Crippen molar-refractivity contribution in [3.8, 4) is 5.75 Å². The van der Waals surface area contributed by atoms with Crippen molar-refractivity contribution in [3.63, 3.8) is 0 Å². The summed E-state index contributed by atoms with van der Waals surface area (Å²) in [6, 6.07) is 14.5. The highest BCUT2D eigenvalue weighted by atomic mass is 16.5. The van der Waals surface area contributed by atoms with Crippen molar-refractivity contribution in [1.82, 2.24) is 9.80 Å². The number of nitrogens with one attached hydrogen (secondary N) is 1. The number of amides is 2. The van der Waals surface area contributed by atoms with E-state index in [1.54, 1.807) is 49.4 Å². The number of carbonyl (C=O) groups is 2. The van der Waals surface area contributed by atoms with E-state index in [0.29, 0.717) is 35.7 Å². The highest BCUT2D eigenvalue weighted by Gasteiger charge is 2.31. The van der Waals surface area contributed by atoms with E-state index < -0.39 is 0 Å². The van der Waals surface area contributed by atoms with Gasteiger partial charge in [-0.15, -0.1) is 0 Å². The molecule has 1 N–H and O–H groups in total. The van der Waals surface area contributed by atoms with Crippen LogP contribution in [0.5, 0.6) is 5.75 Å². The van der Waals surface area contributed by atoms with Crippen molar-refractivity contribution in [2.45, 2.75) is 38.8 Å². The second-order valence-electron chi connectivity index (χ2n) is 10.0. The summed E-state index contributed by atoms with van der Waals surface area (Å²) in [5, 5.41) is 2.90. The standard InChI is InChI=1S/C28H37N3O4/c1-19-15-31(16-21-10-11-21)20(2)18-35-25-13-12-23(29-27(32)22-8-6-5-7-9-22)14-24(25)28(33)30(3)17-26(19)34-4/h5-9,12-14,19-21,26H,10-11,15-18H2,1-4H3,(H,29,32)/t19-,20-,26-/m0/s1. The third-order valence-corrected chi connectivity index (χ3v) is 7.06. The SMILES string of the molecule is CO[C@H]1CN(C)C(=O)c2cc(NC(=O)c3ccccc3)ccc2OC[C@H](C)N(CC2CC2)C[C@@H]1C. The van der Waals surface area contributed by atoms with Gasteiger partial charge in [-0.25, -0.2) is 0 Å². The molecule has 0 spiro atoms. The maximum Gasteiger partial charge on any atom is 0.257 e. The van der Waals surface area contributed by atoms with Crippen molar-refractivity contribution < 1.29 is 19.1 Å². The summed E-state index contributed by atoms with van der Waals surface area (Å²) in [4.78, 5) is 30.4.